The number of H-pyrrole nitrogens is 1. The van der Waals surface area contributed by atoms with E-state index in [1.165, 1.54) is 0 Å². The van der Waals surface area contributed by atoms with Crippen LogP contribution in [0.5, 0.6) is 11.5 Å². The van der Waals surface area contributed by atoms with Crippen LogP contribution >= 0.6 is 11.6 Å². The Balaban J connectivity index is 1.79. The molecule has 1 aliphatic heterocycles. The van der Waals surface area contributed by atoms with Crippen molar-refractivity contribution >= 4 is 23.2 Å². The molecule has 7 nitrogen and oxygen atoms in total. The van der Waals surface area contributed by atoms with Crippen LogP contribution in [-0.4, -0.2) is 22.0 Å². The van der Waals surface area contributed by atoms with Crippen LogP contribution < -0.4 is 14.8 Å². The van der Waals surface area contributed by atoms with Gasteiger partial charge in [0.2, 0.25) is 6.79 Å². The number of fused-ring (bicyclic) bond motifs is 1. The second kappa shape index (κ2) is 6.00. The molecule has 0 aliphatic carbocycles. The van der Waals surface area contributed by atoms with E-state index in [9.17, 15) is 5.26 Å². The number of nitriles is 1. The van der Waals surface area contributed by atoms with E-state index in [1.807, 2.05) is 25.1 Å². The summed E-state index contributed by atoms with van der Waals surface area (Å²) in [5, 5.41) is 19.6. The van der Waals surface area contributed by atoms with E-state index >= 15 is 0 Å². The van der Waals surface area contributed by atoms with Gasteiger partial charge in [-0.05, 0) is 30.7 Å². The van der Waals surface area contributed by atoms with E-state index < -0.39 is 0 Å². The molecule has 2 aromatic heterocycles. The Kier molecular flexibility index (Phi) is 3.67. The smallest absolute Gasteiger partial charge is 0.231 e. The highest BCUT2D eigenvalue weighted by Crippen LogP contribution is 2.38. The van der Waals surface area contributed by atoms with Crippen molar-refractivity contribution in [2.24, 2.45) is 0 Å². The molecule has 0 amide bonds. The summed E-state index contributed by atoms with van der Waals surface area (Å²) in [6.45, 7) is 2.09. The zero-order valence-corrected chi connectivity index (χ0v) is 13.9. The molecule has 1 aliphatic rings. The second-order valence-electron chi connectivity index (χ2n) is 5.46. The van der Waals surface area contributed by atoms with Crippen LogP contribution in [0.25, 0.3) is 11.1 Å². The van der Waals surface area contributed by atoms with E-state index in [0.717, 1.165) is 11.3 Å². The van der Waals surface area contributed by atoms with E-state index in [4.69, 9.17) is 21.1 Å². The maximum atomic E-state index is 9.47. The highest BCUT2D eigenvalue weighted by atomic mass is 35.5. The molecule has 0 atom stereocenters. The van der Waals surface area contributed by atoms with Crippen molar-refractivity contribution in [1.29, 1.82) is 5.26 Å². The highest BCUT2D eigenvalue weighted by Gasteiger charge is 2.18. The van der Waals surface area contributed by atoms with Crippen LogP contribution in [0.1, 0.15) is 11.3 Å². The maximum Gasteiger partial charge on any atom is 0.231 e. The highest BCUT2D eigenvalue weighted by molar-refractivity contribution is 6.31. The van der Waals surface area contributed by atoms with Gasteiger partial charge in [-0.2, -0.15) is 10.4 Å². The third-order valence-electron chi connectivity index (χ3n) is 3.73. The van der Waals surface area contributed by atoms with Gasteiger partial charge in [0, 0.05) is 17.3 Å². The molecule has 0 saturated heterocycles. The van der Waals surface area contributed by atoms with E-state index in [2.05, 4.69) is 26.6 Å². The first-order valence-corrected chi connectivity index (χ1v) is 7.81. The standard InChI is InChI=1S/C17H12ClN5O2/c1-9-4-16(23-22-9)20-15-6-11(12(7-19)17(18)21-15)10-2-3-13-14(5-10)25-8-24-13/h2-6H,8H2,1H3,(H2,20,21,22,23). The van der Waals surface area contributed by atoms with E-state index in [1.54, 1.807) is 12.1 Å². The normalized spacial score (nSPS) is 12.0. The summed E-state index contributed by atoms with van der Waals surface area (Å²) < 4.78 is 10.7. The fourth-order valence-electron chi connectivity index (χ4n) is 2.59. The van der Waals surface area contributed by atoms with E-state index in [-0.39, 0.29) is 11.9 Å². The fraction of sp³-hybridized carbons (Fsp3) is 0.118. The van der Waals surface area contributed by atoms with Gasteiger partial charge in [0.1, 0.15) is 17.0 Å². The van der Waals surface area contributed by atoms with Gasteiger partial charge >= 0.3 is 0 Å². The van der Waals surface area contributed by atoms with Gasteiger partial charge in [-0.25, -0.2) is 4.98 Å². The van der Waals surface area contributed by atoms with Gasteiger partial charge in [-0.1, -0.05) is 17.7 Å². The molecule has 3 aromatic rings. The molecule has 0 spiro atoms. The largest absolute Gasteiger partial charge is 0.454 e. The summed E-state index contributed by atoms with van der Waals surface area (Å²) >= 11 is 6.22. The quantitative estimate of drug-likeness (QED) is 0.696. The lowest BCUT2D eigenvalue weighted by Gasteiger charge is -2.10. The van der Waals surface area contributed by atoms with Crippen LogP contribution in [0.2, 0.25) is 5.15 Å². The number of aromatic amines is 1. The number of aryl methyl sites for hydroxylation is 1. The van der Waals surface area contributed by atoms with Crippen LogP contribution in [0.15, 0.2) is 30.3 Å². The monoisotopic (exact) mass is 353 g/mol. The summed E-state index contributed by atoms with van der Waals surface area (Å²) in [7, 11) is 0. The number of aromatic nitrogens is 3. The molecule has 1 aromatic carbocycles. The predicted molar refractivity (Wildman–Crippen MR) is 92.1 cm³/mol. The SMILES string of the molecule is Cc1cc(Nc2cc(-c3ccc4c(c3)OCO4)c(C#N)c(Cl)n2)n[nH]1. The number of rotatable bonds is 3. The number of nitrogens with one attached hydrogen (secondary N) is 2. The number of halogens is 1. The third-order valence-corrected chi connectivity index (χ3v) is 4.01. The van der Waals surface area contributed by atoms with Crippen molar-refractivity contribution in [2.75, 3.05) is 12.1 Å². The van der Waals surface area contributed by atoms with Gasteiger partial charge in [-0.15, -0.1) is 0 Å². The summed E-state index contributed by atoms with van der Waals surface area (Å²) in [5.74, 6) is 2.41. The molecule has 25 heavy (non-hydrogen) atoms. The Morgan fingerprint density at radius 3 is 2.80 bits per heavy atom. The average molecular weight is 354 g/mol. The molecule has 3 heterocycles. The number of anilines is 2. The summed E-state index contributed by atoms with van der Waals surface area (Å²) in [6, 6.07) is 11.2. The van der Waals surface area contributed by atoms with Crippen molar-refractivity contribution in [3.05, 3.63) is 46.7 Å². The zero-order chi connectivity index (χ0) is 17.4. The van der Waals surface area contributed by atoms with Crippen LogP contribution in [0.4, 0.5) is 11.6 Å². The Labute approximate surface area is 148 Å². The fourth-order valence-corrected chi connectivity index (χ4v) is 2.82. The molecule has 0 fully saturated rings. The van der Waals surface area contributed by atoms with Crippen molar-refractivity contribution in [3.63, 3.8) is 0 Å². The Hall–Kier alpha value is -3.24. The lowest BCUT2D eigenvalue weighted by Crippen LogP contribution is -1.98. The molecule has 124 valence electrons. The number of nitrogens with zero attached hydrogens (tertiary/aromatic N) is 3. The molecule has 0 saturated carbocycles. The Morgan fingerprint density at radius 1 is 1.20 bits per heavy atom. The van der Waals surface area contributed by atoms with Crippen molar-refractivity contribution in [1.82, 2.24) is 15.2 Å². The number of hydrogen-bond acceptors (Lipinski definition) is 6. The van der Waals surface area contributed by atoms with Crippen LogP contribution in [-0.2, 0) is 0 Å². The lowest BCUT2D eigenvalue weighted by atomic mass is 10.0. The first-order valence-electron chi connectivity index (χ1n) is 7.44. The molecule has 0 unspecified atom stereocenters. The topological polar surface area (TPSA) is 95.8 Å². The van der Waals surface area contributed by atoms with Crippen LogP contribution in [0.3, 0.4) is 0 Å². The molecular formula is C17H12ClN5O2. The van der Waals surface area contributed by atoms with Crippen molar-refractivity contribution in [2.45, 2.75) is 6.92 Å². The average Bonchev–Trinajstić information content (AvgIpc) is 3.22. The number of hydrogen-bond donors (Lipinski definition) is 2. The van der Waals surface area contributed by atoms with E-state index in [0.29, 0.717) is 34.3 Å². The molecule has 8 heteroatoms. The molecule has 4 rings (SSSR count). The van der Waals surface area contributed by atoms with Crippen LogP contribution in [0, 0.1) is 18.3 Å². The Bertz CT molecular complexity index is 1010. The number of pyridine rings is 1. The minimum atomic E-state index is 0.118. The van der Waals surface area contributed by atoms with Gasteiger partial charge in [0.15, 0.2) is 17.3 Å². The Morgan fingerprint density at radius 2 is 2.04 bits per heavy atom. The maximum absolute atomic E-state index is 9.47. The van der Waals surface area contributed by atoms with Gasteiger partial charge < -0.3 is 14.8 Å². The third kappa shape index (κ3) is 2.84. The van der Waals surface area contributed by atoms with Gasteiger partial charge in [0.05, 0.1) is 5.56 Å². The summed E-state index contributed by atoms with van der Waals surface area (Å²) in [6.07, 6.45) is 0. The molecular weight excluding hydrogens is 342 g/mol. The van der Waals surface area contributed by atoms with Gasteiger partial charge in [-0.3, -0.25) is 5.10 Å². The molecule has 0 bridgehead atoms. The zero-order valence-electron chi connectivity index (χ0n) is 13.1. The predicted octanol–water partition coefficient (Wildman–Crippen LogP) is 3.78. The molecule has 2 N–H and O–H groups in total. The van der Waals surface area contributed by atoms with Crippen molar-refractivity contribution in [3.8, 4) is 28.7 Å². The summed E-state index contributed by atoms with van der Waals surface area (Å²) in [4.78, 5) is 4.23. The minimum absolute atomic E-state index is 0.118. The molecule has 0 radical (unpaired) electrons. The first kappa shape index (κ1) is 15.3. The van der Waals surface area contributed by atoms with Gasteiger partial charge in [0.25, 0.3) is 0 Å². The summed E-state index contributed by atoms with van der Waals surface area (Å²) in [5.41, 5.74) is 2.64. The number of benzene rings is 1. The first-order chi connectivity index (χ1) is 12.1. The number of ether oxygens (including phenoxy) is 2. The minimum Gasteiger partial charge on any atom is -0.454 e. The van der Waals surface area contributed by atoms with Crippen molar-refractivity contribution < 1.29 is 9.47 Å². The second-order valence-corrected chi connectivity index (χ2v) is 5.82. The lowest BCUT2D eigenvalue weighted by molar-refractivity contribution is 0.174.